The van der Waals surface area contributed by atoms with E-state index in [2.05, 4.69) is 0 Å². The van der Waals surface area contributed by atoms with Crippen LogP contribution in [-0.4, -0.2) is 34.4 Å². The number of nitrogens with zero attached hydrogens (tertiary/aromatic N) is 1. The molecule has 2 aromatic rings. The van der Waals surface area contributed by atoms with Gasteiger partial charge in [0.05, 0.1) is 23.1 Å². The lowest BCUT2D eigenvalue weighted by Crippen LogP contribution is -2.33. The third-order valence-electron chi connectivity index (χ3n) is 3.92. The number of hydrogen-bond donors (Lipinski definition) is 0. The molecule has 1 aliphatic rings. The van der Waals surface area contributed by atoms with Gasteiger partial charge in [-0.05, 0) is 44.5 Å². The molecule has 0 saturated heterocycles. The Morgan fingerprint density at radius 2 is 1.43 bits per heavy atom. The average Bonchev–Trinajstić information content (AvgIpc) is 2.86. The molecule has 0 unspecified atom stereocenters. The first kappa shape index (κ1) is 19.3. The van der Waals surface area contributed by atoms with Crippen molar-refractivity contribution in [3.8, 4) is 0 Å². The maximum Gasteiger partial charge on any atom is 0.338 e. The van der Waals surface area contributed by atoms with Gasteiger partial charge in [0.1, 0.15) is 5.60 Å². The number of imide groups is 1. The van der Waals surface area contributed by atoms with E-state index in [1.165, 1.54) is 12.1 Å². The van der Waals surface area contributed by atoms with Gasteiger partial charge in [0.2, 0.25) is 0 Å². The highest BCUT2D eigenvalue weighted by molar-refractivity contribution is 6.20. The second-order valence-electron chi connectivity index (χ2n) is 7.25. The van der Waals surface area contributed by atoms with Crippen LogP contribution in [0.4, 0.5) is 0 Å². The lowest BCUT2D eigenvalue weighted by atomic mass is 10.0. The molecule has 1 aliphatic heterocycles. The van der Waals surface area contributed by atoms with Gasteiger partial charge in [-0.3, -0.25) is 9.59 Å². The van der Waals surface area contributed by atoms with E-state index < -0.39 is 29.4 Å². The molecular weight excluding hydrogens is 362 g/mol. The van der Waals surface area contributed by atoms with Crippen molar-refractivity contribution in [2.24, 2.45) is 0 Å². The fourth-order valence-corrected chi connectivity index (χ4v) is 2.75. The lowest BCUT2D eigenvalue weighted by molar-refractivity contribution is -0.167. The molecule has 0 N–H and O–H groups in total. The first-order chi connectivity index (χ1) is 13.2. The highest BCUT2D eigenvalue weighted by Gasteiger charge is 2.38. The Hall–Kier alpha value is -3.48. The molecule has 0 saturated carbocycles. The van der Waals surface area contributed by atoms with Gasteiger partial charge in [-0.2, -0.15) is 0 Å². The summed E-state index contributed by atoms with van der Waals surface area (Å²) >= 11 is 0. The maximum absolute atomic E-state index is 12.4. The fraction of sp³-hybridized carbons (Fsp3) is 0.238. The number of hydroxylamine groups is 2. The van der Waals surface area contributed by atoms with Crippen molar-refractivity contribution in [2.45, 2.75) is 32.8 Å². The van der Waals surface area contributed by atoms with Gasteiger partial charge in [-0.25, -0.2) is 9.59 Å². The van der Waals surface area contributed by atoms with Crippen molar-refractivity contribution in [1.29, 1.82) is 0 Å². The third kappa shape index (κ3) is 3.93. The van der Waals surface area contributed by atoms with Crippen LogP contribution in [0.25, 0.3) is 0 Å². The zero-order valence-electron chi connectivity index (χ0n) is 15.7. The Bertz CT molecular complexity index is 938. The molecule has 2 amide bonds. The number of fused-ring (bicyclic) bond motifs is 1. The first-order valence-electron chi connectivity index (χ1n) is 8.67. The Morgan fingerprint density at radius 3 is 2.00 bits per heavy atom. The molecule has 7 heteroatoms. The Balaban J connectivity index is 1.74. The smallest absolute Gasteiger partial charge is 0.338 e. The van der Waals surface area contributed by atoms with Gasteiger partial charge in [0, 0.05) is 0 Å². The number of amides is 2. The van der Waals surface area contributed by atoms with Crippen molar-refractivity contribution in [1.82, 2.24) is 5.06 Å². The molecule has 28 heavy (non-hydrogen) atoms. The third-order valence-corrected chi connectivity index (χ3v) is 3.92. The molecule has 0 radical (unpaired) electrons. The number of esters is 1. The molecule has 0 aliphatic carbocycles. The highest BCUT2D eigenvalue weighted by Crippen LogP contribution is 2.23. The summed E-state index contributed by atoms with van der Waals surface area (Å²) in [5.74, 6) is -2.81. The van der Waals surface area contributed by atoms with E-state index in [1.807, 2.05) is 0 Å². The molecule has 0 spiro atoms. The van der Waals surface area contributed by atoms with Crippen molar-refractivity contribution >= 4 is 23.8 Å². The Labute approximate surface area is 161 Å². The van der Waals surface area contributed by atoms with E-state index in [1.54, 1.807) is 57.2 Å². The van der Waals surface area contributed by atoms with Gasteiger partial charge in [-0.1, -0.05) is 35.4 Å². The number of ether oxygens (including phenoxy) is 1. The van der Waals surface area contributed by atoms with Gasteiger partial charge < -0.3 is 9.57 Å². The lowest BCUT2D eigenvalue weighted by Gasteiger charge is -2.20. The molecule has 1 heterocycles. The average molecular weight is 381 g/mol. The highest BCUT2D eigenvalue weighted by atomic mass is 16.7. The predicted octanol–water partition coefficient (Wildman–Crippen LogP) is 2.94. The van der Waals surface area contributed by atoms with Crippen LogP contribution in [0, 0.1) is 0 Å². The van der Waals surface area contributed by atoms with Crippen LogP contribution in [0.15, 0.2) is 48.5 Å². The van der Waals surface area contributed by atoms with Crippen molar-refractivity contribution in [3.63, 3.8) is 0 Å². The minimum Gasteiger partial charge on any atom is -0.456 e. The quantitative estimate of drug-likeness (QED) is 0.597. The van der Waals surface area contributed by atoms with Crippen LogP contribution in [0.5, 0.6) is 0 Å². The molecule has 3 rings (SSSR count). The zero-order valence-corrected chi connectivity index (χ0v) is 15.7. The summed E-state index contributed by atoms with van der Waals surface area (Å²) in [5.41, 5.74) is 0.254. The molecule has 144 valence electrons. The van der Waals surface area contributed by atoms with Gasteiger partial charge >= 0.3 is 11.9 Å². The van der Waals surface area contributed by atoms with E-state index in [9.17, 15) is 19.2 Å². The summed E-state index contributed by atoms with van der Waals surface area (Å²) in [4.78, 5) is 54.3. The summed E-state index contributed by atoms with van der Waals surface area (Å²) in [5, 5.41) is 0.448. The predicted molar refractivity (Wildman–Crippen MR) is 98.3 cm³/mol. The Morgan fingerprint density at radius 1 is 0.893 bits per heavy atom. The zero-order chi connectivity index (χ0) is 20.5. The van der Waals surface area contributed by atoms with Gasteiger partial charge in [-0.15, -0.1) is 0 Å². The van der Waals surface area contributed by atoms with E-state index in [0.717, 1.165) is 0 Å². The molecule has 0 fully saturated rings. The minimum absolute atomic E-state index is 0.175. The standard InChI is InChI=1S/C21H19NO6/c1-21(2,3)27-20(26)14-9-5-4-8-13(14)12-17(23)28-22-18(24)15-10-6-7-11-16(15)19(22)25/h4-11H,12H2,1-3H3. The normalized spacial score (nSPS) is 13.3. The van der Waals surface area contributed by atoms with Crippen LogP contribution in [0.2, 0.25) is 0 Å². The SMILES string of the molecule is CC(C)(C)OC(=O)c1ccccc1CC(=O)ON1C(=O)c2ccccc2C1=O. The molecule has 7 nitrogen and oxygen atoms in total. The second kappa shape index (κ2) is 7.26. The van der Waals surface area contributed by atoms with E-state index in [4.69, 9.17) is 9.57 Å². The van der Waals surface area contributed by atoms with Crippen LogP contribution in [0.3, 0.4) is 0 Å². The maximum atomic E-state index is 12.4. The largest absolute Gasteiger partial charge is 0.456 e. The molecule has 0 bridgehead atoms. The Kier molecular flexibility index (Phi) is 5.00. The van der Waals surface area contributed by atoms with Crippen LogP contribution < -0.4 is 0 Å². The number of carbonyl (C=O) groups is 4. The monoisotopic (exact) mass is 381 g/mol. The van der Waals surface area contributed by atoms with Crippen LogP contribution in [0.1, 0.15) is 57.4 Å². The second-order valence-corrected chi connectivity index (χ2v) is 7.25. The fourth-order valence-electron chi connectivity index (χ4n) is 2.75. The van der Waals surface area contributed by atoms with E-state index in [-0.39, 0.29) is 23.1 Å². The summed E-state index contributed by atoms with van der Waals surface area (Å²) in [6, 6.07) is 12.7. The van der Waals surface area contributed by atoms with Gasteiger partial charge in [0.15, 0.2) is 0 Å². The van der Waals surface area contributed by atoms with Crippen LogP contribution in [-0.2, 0) is 20.8 Å². The van der Waals surface area contributed by atoms with Crippen LogP contribution >= 0.6 is 0 Å². The summed E-state index contributed by atoms with van der Waals surface area (Å²) in [6.45, 7) is 5.22. The van der Waals surface area contributed by atoms with Crippen molar-refractivity contribution in [2.75, 3.05) is 0 Å². The molecule has 0 atom stereocenters. The minimum atomic E-state index is -0.842. The van der Waals surface area contributed by atoms with Gasteiger partial charge in [0.25, 0.3) is 11.8 Å². The molecular formula is C21H19NO6. The number of rotatable bonds is 4. The first-order valence-corrected chi connectivity index (χ1v) is 8.67. The number of carbonyl (C=O) groups excluding carboxylic acids is 4. The topological polar surface area (TPSA) is 90.0 Å². The summed E-state index contributed by atoms with van der Waals surface area (Å²) < 4.78 is 5.35. The number of hydrogen-bond acceptors (Lipinski definition) is 6. The summed E-state index contributed by atoms with van der Waals surface area (Å²) in [6.07, 6.45) is -0.303. The van der Waals surface area contributed by atoms with E-state index in [0.29, 0.717) is 10.6 Å². The summed E-state index contributed by atoms with van der Waals surface area (Å²) in [7, 11) is 0. The van der Waals surface area contributed by atoms with Crippen molar-refractivity contribution < 1.29 is 28.8 Å². The van der Waals surface area contributed by atoms with Crippen molar-refractivity contribution in [3.05, 3.63) is 70.8 Å². The number of benzene rings is 2. The molecule has 0 aromatic heterocycles. The molecule has 2 aromatic carbocycles. The van der Waals surface area contributed by atoms with E-state index >= 15 is 0 Å².